The molecule has 216 valence electrons. The zero-order valence-electron chi connectivity index (χ0n) is 22.9. The summed E-state index contributed by atoms with van der Waals surface area (Å²) in [7, 11) is 1.23. The Labute approximate surface area is 235 Å². The molecule has 0 saturated heterocycles. The van der Waals surface area contributed by atoms with Crippen molar-refractivity contribution in [3.8, 4) is 5.75 Å². The van der Waals surface area contributed by atoms with Crippen LogP contribution in [0.4, 0.5) is 24.8 Å². The van der Waals surface area contributed by atoms with Crippen LogP contribution in [-0.2, 0) is 9.53 Å². The fourth-order valence-electron chi connectivity index (χ4n) is 5.62. The molecule has 0 aliphatic heterocycles. The summed E-state index contributed by atoms with van der Waals surface area (Å²) in [6, 6.07) is 7.79. The molecule has 3 aromatic rings. The second-order valence-corrected chi connectivity index (χ2v) is 11.5. The van der Waals surface area contributed by atoms with Gasteiger partial charge in [-0.15, -0.1) is 13.2 Å². The number of halogens is 4. The quantitative estimate of drug-likeness (QED) is 0.292. The number of carbonyl (C=O) groups excluding carboxylic acids is 2. The molecule has 0 radical (unpaired) electrons. The third-order valence-electron chi connectivity index (χ3n) is 7.00. The standard InChI is InChI=1S/C28H32ClF3N4O4/c1-15-10-18(14-27(3,4)13-15)36-23-12-21(29)20(24(37)33-16(2)25(38)39-5)11-22(23)35-26(36)34-17-6-8-19(9-7-17)40-28(30,31)32/h6-9,11-12,15-16,18H,10,13-14H2,1-5H3,(H,33,37)(H,34,35)/t15-,16+,18+/m1/s1. The molecule has 3 atom stereocenters. The molecule has 12 heteroatoms. The number of benzene rings is 2. The number of esters is 1. The molecule has 2 aromatic carbocycles. The molecule has 8 nitrogen and oxygen atoms in total. The molecule has 40 heavy (non-hydrogen) atoms. The lowest BCUT2D eigenvalue weighted by Crippen LogP contribution is -2.39. The number of rotatable bonds is 7. The lowest BCUT2D eigenvalue weighted by molar-refractivity contribution is -0.274. The van der Waals surface area contributed by atoms with Crippen molar-refractivity contribution in [2.24, 2.45) is 11.3 Å². The van der Waals surface area contributed by atoms with Gasteiger partial charge in [0.25, 0.3) is 5.91 Å². The van der Waals surface area contributed by atoms with Crippen LogP contribution in [0.1, 0.15) is 63.4 Å². The zero-order chi connectivity index (χ0) is 29.4. The maximum Gasteiger partial charge on any atom is 0.573 e. The first-order valence-electron chi connectivity index (χ1n) is 12.9. The van der Waals surface area contributed by atoms with Crippen molar-refractivity contribution in [3.05, 3.63) is 47.0 Å². The van der Waals surface area contributed by atoms with E-state index in [-0.39, 0.29) is 27.8 Å². The van der Waals surface area contributed by atoms with Crippen LogP contribution >= 0.6 is 11.6 Å². The smallest absolute Gasteiger partial charge is 0.467 e. The highest BCUT2D eigenvalue weighted by molar-refractivity contribution is 6.34. The van der Waals surface area contributed by atoms with Gasteiger partial charge in [-0.1, -0.05) is 32.4 Å². The van der Waals surface area contributed by atoms with Crippen LogP contribution in [0.3, 0.4) is 0 Å². The highest BCUT2D eigenvalue weighted by Gasteiger charge is 2.35. The third-order valence-corrected chi connectivity index (χ3v) is 7.31. The molecule has 1 aliphatic carbocycles. The van der Waals surface area contributed by atoms with Crippen LogP contribution in [0.15, 0.2) is 36.4 Å². The average Bonchev–Trinajstić information content (AvgIpc) is 3.18. The number of hydrogen-bond acceptors (Lipinski definition) is 6. The van der Waals surface area contributed by atoms with Gasteiger partial charge >= 0.3 is 12.3 Å². The van der Waals surface area contributed by atoms with Gasteiger partial charge in [-0.3, -0.25) is 4.79 Å². The SMILES string of the molecule is COC(=O)[C@H](C)NC(=O)c1cc2nc(Nc3ccc(OC(F)(F)F)cc3)n([C@H]3C[C@@H](C)CC(C)(C)C3)c2cc1Cl. The van der Waals surface area contributed by atoms with E-state index in [0.29, 0.717) is 28.6 Å². The maximum absolute atomic E-state index is 12.9. The Morgan fingerprint density at radius 3 is 2.45 bits per heavy atom. The molecule has 1 heterocycles. The zero-order valence-corrected chi connectivity index (χ0v) is 23.6. The first kappa shape index (κ1) is 29.5. The monoisotopic (exact) mass is 580 g/mol. The van der Waals surface area contributed by atoms with Gasteiger partial charge in [0, 0.05) is 11.7 Å². The molecule has 0 bridgehead atoms. The van der Waals surface area contributed by atoms with Gasteiger partial charge < -0.3 is 24.7 Å². The van der Waals surface area contributed by atoms with Crippen molar-refractivity contribution in [1.29, 1.82) is 0 Å². The molecular formula is C28H32ClF3N4O4. The number of carbonyl (C=O) groups is 2. The van der Waals surface area contributed by atoms with E-state index in [1.54, 1.807) is 12.1 Å². The van der Waals surface area contributed by atoms with Crippen molar-refractivity contribution in [3.63, 3.8) is 0 Å². The fourth-order valence-corrected chi connectivity index (χ4v) is 5.86. The van der Waals surface area contributed by atoms with Gasteiger partial charge in [0.2, 0.25) is 5.95 Å². The summed E-state index contributed by atoms with van der Waals surface area (Å²) in [6.07, 6.45) is -1.96. The summed E-state index contributed by atoms with van der Waals surface area (Å²) in [6.45, 7) is 8.15. The molecule has 1 aliphatic rings. The number of methoxy groups -OCH3 is 1. The van der Waals surface area contributed by atoms with Gasteiger partial charge in [-0.2, -0.15) is 0 Å². The number of aromatic nitrogens is 2. The van der Waals surface area contributed by atoms with Crippen molar-refractivity contribution in [2.75, 3.05) is 12.4 Å². The van der Waals surface area contributed by atoms with E-state index in [0.717, 1.165) is 19.3 Å². The number of nitrogens with one attached hydrogen (secondary N) is 2. The number of amides is 1. The fraction of sp³-hybridized carbons (Fsp3) is 0.464. The van der Waals surface area contributed by atoms with Crippen LogP contribution in [0.2, 0.25) is 5.02 Å². The van der Waals surface area contributed by atoms with Crippen molar-refractivity contribution in [1.82, 2.24) is 14.9 Å². The first-order valence-corrected chi connectivity index (χ1v) is 13.3. The number of imidazole rings is 1. The Bertz CT molecular complexity index is 1410. The third kappa shape index (κ3) is 6.80. The van der Waals surface area contributed by atoms with Crippen molar-refractivity contribution >= 4 is 46.1 Å². The normalized spacial score (nSPS) is 19.6. The minimum Gasteiger partial charge on any atom is -0.467 e. The molecule has 4 rings (SSSR count). The van der Waals surface area contributed by atoms with E-state index in [1.165, 1.54) is 38.3 Å². The Kier molecular flexibility index (Phi) is 8.26. The van der Waals surface area contributed by atoms with E-state index in [9.17, 15) is 22.8 Å². The lowest BCUT2D eigenvalue weighted by Gasteiger charge is -2.40. The van der Waals surface area contributed by atoms with E-state index in [2.05, 4.69) is 45.4 Å². The molecule has 1 aromatic heterocycles. The maximum atomic E-state index is 12.9. The van der Waals surface area contributed by atoms with Crippen LogP contribution in [0.5, 0.6) is 5.75 Å². The van der Waals surface area contributed by atoms with Crippen LogP contribution in [0, 0.1) is 11.3 Å². The molecule has 2 N–H and O–H groups in total. The Morgan fingerprint density at radius 1 is 1.18 bits per heavy atom. The van der Waals surface area contributed by atoms with E-state index in [4.69, 9.17) is 16.6 Å². The summed E-state index contributed by atoms with van der Waals surface area (Å²) in [5.74, 6) is -0.578. The number of anilines is 2. The topological polar surface area (TPSA) is 94.5 Å². The number of alkyl halides is 3. The summed E-state index contributed by atoms with van der Waals surface area (Å²) in [4.78, 5) is 29.5. The van der Waals surface area contributed by atoms with Gasteiger partial charge in [-0.25, -0.2) is 9.78 Å². The number of fused-ring (bicyclic) bond motifs is 1. The van der Waals surface area contributed by atoms with Crippen molar-refractivity contribution < 1.29 is 32.2 Å². The lowest BCUT2D eigenvalue weighted by atomic mass is 9.70. The van der Waals surface area contributed by atoms with Gasteiger partial charge in [0.1, 0.15) is 11.8 Å². The minimum absolute atomic E-state index is 0.0502. The number of hydrogen-bond donors (Lipinski definition) is 2. The van der Waals surface area contributed by atoms with E-state index in [1.807, 2.05) is 0 Å². The van der Waals surface area contributed by atoms with Crippen LogP contribution in [-0.4, -0.2) is 40.9 Å². The molecule has 0 unspecified atom stereocenters. The second kappa shape index (κ2) is 11.2. The van der Waals surface area contributed by atoms with Crippen molar-refractivity contribution in [2.45, 2.75) is 65.4 Å². The van der Waals surface area contributed by atoms with Crippen LogP contribution in [0.25, 0.3) is 11.0 Å². The molecule has 1 amide bonds. The summed E-state index contributed by atoms with van der Waals surface area (Å²) < 4.78 is 48.5. The predicted octanol–water partition coefficient (Wildman–Crippen LogP) is 7.01. The second-order valence-electron chi connectivity index (χ2n) is 11.1. The summed E-state index contributed by atoms with van der Waals surface area (Å²) in [5.41, 5.74) is 1.92. The van der Waals surface area contributed by atoms with Gasteiger partial charge in [0.15, 0.2) is 0 Å². The predicted molar refractivity (Wildman–Crippen MR) is 146 cm³/mol. The minimum atomic E-state index is -4.79. The van der Waals surface area contributed by atoms with Crippen LogP contribution < -0.4 is 15.4 Å². The average molecular weight is 581 g/mol. The number of nitrogens with zero attached hydrogens (tertiary/aromatic N) is 2. The number of ether oxygens (including phenoxy) is 2. The van der Waals surface area contributed by atoms with Gasteiger partial charge in [0.05, 0.1) is 28.7 Å². The largest absolute Gasteiger partial charge is 0.573 e. The van der Waals surface area contributed by atoms with E-state index < -0.39 is 24.3 Å². The molecule has 1 fully saturated rings. The first-order chi connectivity index (χ1) is 18.7. The Balaban J connectivity index is 1.75. The Morgan fingerprint density at radius 2 is 1.85 bits per heavy atom. The molecular weight excluding hydrogens is 549 g/mol. The Hall–Kier alpha value is -3.47. The highest BCUT2D eigenvalue weighted by atomic mass is 35.5. The summed E-state index contributed by atoms with van der Waals surface area (Å²) >= 11 is 6.59. The summed E-state index contributed by atoms with van der Waals surface area (Å²) in [5, 5.41) is 5.99. The van der Waals surface area contributed by atoms with Gasteiger partial charge in [-0.05, 0) is 73.9 Å². The highest BCUT2D eigenvalue weighted by Crippen LogP contribution is 2.46. The van der Waals surface area contributed by atoms with E-state index >= 15 is 0 Å². The molecule has 0 spiro atoms. The molecule has 1 saturated carbocycles.